The van der Waals surface area contributed by atoms with E-state index in [4.69, 9.17) is 16.3 Å². The Bertz CT molecular complexity index is 672. The first-order valence-corrected chi connectivity index (χ1v) is 8.88. The summed E-state index contributed by atoms with van der Waals surface area (Å²) in [7, 11) is 1.69. The Kier molecular flexibility index (Phi) is 5.46. The van der Waals surface area contributed by atoms with E-state index < -0.39 is 0 Å². The molecule has 1 aliphatic rings. The number of piperazine rings is 1. The van der Waals surface area contributed by atoms with E-state index in [0.29, 0.717) is 0 Å². The van der Waals surface area contributed by atoms with Gasteiger partial charge in [0.25, 0.3) is 0 Å². The number of methoxy groups -OCH3 is 1. The molecule has 3 nitrogen and oxygen atoms in total. The predicted octanol–water partition coefficient (Wildman–Crippen LogP) is 4.43. The summed E-state index contributed by atoms with van der Waals surface area (Å²) in [5.74, 6) is 0.872. The molecule has 0 atom stereocenters. The Hall–Kier alpha value is -1.23. The number of nitrogens with zero attached hydrogens (tertiary/aromatic N) is 2. The first kappa shape index (κ1) is 16.6. The van der Waals surface area contributed by atoms with Crippen LogP contribution in [-0.2, 0) is 6.54 Å². The quantitative estimate of drug-likeness (QED) is 0.761. The molecule has 0 spiro atoms. The maximum atomic E-state index is 6.30. The zero-order valence-electron chi connectivity index (χ0n) is 13.1. The largest absolute Gasteiger partial charge is 0.496 e. The van der Waals surface area contributed by atoms with E-state index in [1.807, 2.05) is 24.3 Å². The fourth-order valence-corrected chi connectivity index (χ4v) is 3.76. The fourth-order valence-electron chi connectivity index (χ4n) is 2.92. The van der Waals surface area contributed by atoms with Crippen LogP contribution in [0.5, 0.6) is 5.75 Å². The van der Waals surface area contributed by atoms with Gasteiger partial charge in [0.15, 0.2) is 0 Å². The lowest BCUT2D eigenvalue weighted by molar-refractivity contribution is 0.249. The monoisotopic (exact) mass is 394 g/mol. The third kappa shape index (κ3) is 4.00. The summed E-state index contributed by atoms with van der Waals surface area (Å²) >= 11 is 9.85. The summed E-state index contributed by atoms with van der Waals surface area (Å²) in [5, 5.41) is 0.833. The second-order valence-electron chi connectivity index (χ2n) is 5.68. The maximum Gasteiger partial charge on any atom is 0.133 e. The van der Waals surface area contributed by atoms with Crippen molar-refractivity contribution in [2.45, 2.75) is 6.54 Å². The summed E-state index contributed by atoms with van der Waals surface area (Å²) in [4.78, 5) is 4.84. The summed E-state index contributed by atoms with van der Waals surface area (Å²) < 4.78 is 6.29. The van der Waals surface area contributed by atoms with Gasteiger partial charge in [0.2, 0.25) is 0 Å². The van der Waals surface area contributed by atoms with Gasteiger partial charge in [-0.1, -0.05) is 29.8 Å². The number of halogens is 2. The Balaban J connectivity index is 1.59. The van der Waals surface area contributed by atoms with Crippen LogP contribution in [0.1, 0.15) is 5.56 Å². The van der Waals surface area contributed by atoms with Crippen molar-refractivity contribution in [1.29, 1.82) is 0 Å². The molecular weight excluding hydrogens is 376 g/mol. The van der Waals surface area contributed by atoms with Crippen molar-refractivity contribution in [2.75, 3.05) is 38.2 Å². The van der Waals surface area contributed by atoms with Gasteiger partial charge in [0.1, 0.15) is 5.75 Å². The molecule has 0 aliphatic carbocycles. The summed E-state index contributed by atoms with van der Waals surface area (Å²) in [6, 6.07) is 14.4. The third-order valence-electron chi connectivity index (χ3n) is 4.19. The molecule has 1 heterocycles. The first-order valence-electron chi connectivity index (χ1n) is 7.71. The lowest BCUT2D eigenvalue weighted by atomic mass is 10.2. The second kappa shape index (κ2) is 7.56. The third-order valence-corrected chi connectivity index (χ3v) is 5.13. The van der Waals surface area contributed by atoms with Crippen LogP contribution in [0.4, 0.5) is 5.69 Å². The number of hydrogen-bond acceptors (Lipinski definition) is 3. The average molecular weight is 396 g/mol. The number of anilines is 1. The van der Waals surface area contributed by atoms with Crippen molar-refractivity contribution in [3.05, 3.63) is 57.5 Å². The highest BCUT2D eigenvalue weighted by Crippen LogP contribution is 2.28. The number of rotatable bonds is 4. The molecule has 0 aromatic heterocycles. The van der Waals surface area contributed by atoms with Crippen LogP contribution in [-0.4, -0.2) is 38.2 Å². The minimum atomic E-state index is 0.833. The molecule has 0 unspecified atom stereocenters. The molecule has 0 saturated carbocycles. The normalized spacial score (nSPS) is 15.7. The van der Waals surface area contributed by atoms with Gasteiger partial charge in [-0.25, -0.2) is 0 Å². The van der Waals surface area contributed by atoms with Gasteiger partial charge < -0.3 is 9.64 Å². The Morgan fingerprint density at radius 3 is 2.48 bits per heavy atom. The molecule has 0 amide bonds. The van der Waals surface area contributed by atoms with E-state index in [1.165, 1.54) is 5.56 Å². The molecule has 122 valence electrons. The maximum absolute atomic E-state index is 6.30. The van der Waals surface area contributed by atoms with E-state index >= 15 is 0 Å². The molecule has 0 radical (unpaired) electrons. The lowest BCUT2D eigenvalue weighted by Gasteiger charge is -2.36. The predicted molar refractivity (Wildman–Crippen MR) is 99.6 cm³/mol. The molecule has 0 N–H and O–H groups in total. The molecule has 3 rings (SSSR count). The van der Waals surface area contributed by atoms with Gasteiger partial charge in [-0.2, -0.15) is 0 Å². The van der Waals surface area contributed by atoms with Crippen LogP contribution in [0.15, 0.2) is 46.9 Å². The number of hydrogen-bond donors (Lipinski definition) is 0. The SMILES string of the molecule is COc1ccc(CN2CCN(c3ccccc3Cl)CC2)cc1Br. The second-order valence-corrected chi connectivity index (χ2v) is 6.95. The van der Waals surface area contributed by atoms with Crippen LogP contribution in [0.25, 0.3) is 0 Å². The van der Waals surface area contributed by atoms with E-state index in [0.717, 1.165) is 53.7 Å². The van der Waals surface area contributed by atoms with Crippen LogP contribution >= 0.6 is 27.5 Å². The topological polar surface area (TPSA) is 15.7 Å². The van der Waals surface area contributed by atoms with Gasteiger partial charge in [-0.3, -0.25) is 4.90 Å². The van der Waals surface area contributed by atoms with Crippen molar-refractivity contribution >= 4 is 33.2 Å². The molecule has 1 aliphatic heterocycles. The molecule has 1 fully saturated rings. The van der Waals surface area contributed by atoms with Gasteiger partial charge in [0.05, 0.1) is 22.3 Å². The molecule has 2 aromatic carbocycles. The molecule has 0 bridgehead atoms. The van der Waals surface area contributed by atoms with Gasteiger partial charge in [0, 0.05) is 32.7 Å². The van der Waals surface area contributed by atoms with Crippen LogP contribution in [0, 0.1) is 0 Å². The zero-order chi connectivity index (χ0) is 16.2. The standard InChI is InChI=1S/C18H20BrClN2O/c1-23-18-7-6-14(12-15(18)19)13-21-8-10-22(11-9-21)17-5-3-2-4-16(17)20/h2-7,12H,8-11,13H2,1H3. The molecular formula is C18H20BrClN2O. The Morgan fingerprint density at radius 2 is 1.83 bits per heavy atom. The molecule has 23 heavy (non-hydrogen) atoms. The summed E-state index contributed by atoms with van der Waals surface area (Å²) in [6.45, 7) is 5.03. The van der Waals surface area contributed by atoms with E-state index in [2.05, 4.69) is 43.9 Å². The van der Waals surface area contributed by atoms with Crippen LogP contribution in [0.3, 0.4) is 0 Å². The molecule has 2 aromatic rings. The van der Waals surface area contributed by atoms with Gasteiger partial charge >= 0.3 is 0 Å². The molecule has 5 heteroatoms. The minimum Gasteiger partial charge on any atom is -0.496 e. The van der Waals surface area contributed by atoms with Crippen molar-refractivity contribution in [1.82, 2.24) is 4.90 Å². The summed E-state index contributed by atoms with van der Waals surface area (Å²) in [5.41, 5.74) is 2.44. The van der Waals surface area contributed by atoms with Crippen LogP contribution in [0.2, 0.25) is 5.02 Å². The lowest BCUT2D eigenvalue weighted by Crippen LogP contribution is -2.46. The highest BCUT2D eigenvalue weighted by Gasteiger charge is 2.19. The minimum absolute atomic E-state index is 0.833. The number of benzene rings is 2. The molecule has 1 saturated heterocycles. The number of ether oxygens (including phenoxy) is 1. The van der Waals surface area contributed by atoms with Crippen LogP contribution < -0.4 is 9.64 Å². The van der Waals surface area contributed by atoms with Crippen molar-refractivity contribution in [2.24, 2.45) is 0 Å². The highest BCUT2D eigenvalue weighted by molar-refractivity contribution is 9.10. The van der Waals surface area contributed by atoms with Gasteiger partial charge in [-0.05, 0) is 45.8 Å². The highest BCUT2D eigenvalue weighted by atomic mass is 79.9. The Labute approximate surface area is 150 Å². The van der Waals surface area contributed by atoms with E-state index in [-0.39, 0.29) is 0 Å². The Morgan fingerprint density at radius 1 is 1.09 bits per heavy atom. The number of para-hydroxylation sites is 1. The van der Waals surface area contributed by atoms with E-state index in [1.54, 1.807) is 7.11 Å². The van der Waals surface area contributed by atoms with Crippen molar-refractivity contribution < 1.29 is 4.74 Å². The zero-order valence-corrected chi connectivity index (χ0v) is 15.5. The van der Waals surface area contributed by atoms with Crippen molar-refractivity contribution in [3.63, 3.8) is 0 Å². The van der Waals surface area contributed by atoms with Crippen molar-refractivity contribution in [3.8, 4) is 5.75 Å². The summed E-state index contributed by atoms with van der Waals surface area (Å²) in [6.07, 6.45) is 0. The smallest absolute Gasteiger partial charge is 0.133 e. The van der Waals surface area contributed by atoms with Gasteiger partial charge in [-0.15, -0.1) is 0 Å². The van der Waals surface area contributed by atoms with E-state index in [9.17, 15) is 0 Å². The average Bonchev–Trinajstić information content (AvgIpc) is 2.56. The fraction of sp³-hybridized carbons (Fsp3) is 0.333. The first-order chi connectivity index (χ1) is 11.2.